The van der Waals surface area contributed by atoms with Gasteiger partial charge in [0.2, 0.25) is 0 Å². The number of fused-ring (bicyclic) bond motifs is 1. The third-order valence-electron chi connectivity index (χ3n) is 3.30. The van der Waals surface area contributed by atoms with Gasteiger partial charge in [-0.2, -0.15) is 0 Å². The minimum Gasteiger partial charge on any atom is -0.461 e. The van der Waals surface area contributed by atoms with Crippen LogP contribution in [0.25, 0.3) is 11.0 Å². The maximum Gasteiger partial charge on any atom is 0.134 e. The van der Waals surface area contributed by atoms with Crippen molar-refractivity contribution in [2.45, 2.75) is 52.4 Å². The van der Waals surface area contributed by atoms with Gasteiger partial charge in [-0.15, -0.1) is 0 Å². The maximum atomic E-state index is 5.72. The van der Waals surface area contributed by atoms with E-state index in [0.717, 1.165) is 17.8 Å². The van der Waals surface area contributed by atoms with Gasteiger partial charge in [0, 0.05) is 11.8 Å². The SMILES string of the molecule is CCCCCCc1ccc2oc(CC)cc2c1. The minimum absolute atomic E-state index is 0.973. The molecule has 0 aliphatic rings. The molecule has 0 aliphatic heterocycles. The summed E-state index contributed by atoms with van der Waals surface area (Å²) in [7, 11) is 0. The van der Waals surface area contributed by atoms with Crippen LogP contribution in [0, 0.1) is 0 Å². The van der Waals surface area contributed by atoms with Gasteiger partial charge in [0.25, 0.3) is 0 Å². The number of furan rings is 1. The molecule has 1 nitrogen and oxygen atoms in total. The largest absolute Gasteiger partial charge is 0.461 e. The fourth-order valence-corrected chi connectivity index (χ4v) is 2.23. The van der Waals surface area contributed by atoms with E-state index < -0.39 is 0 Å². The monoisotopic (exact) mass is 230 g/mol. The molecule has 0 atom stereocenters. The number of unbranched alkanes of at least 4 members (excludes halogenated alkanes) is 3. The van der Waals surface area contributed by atoms with Crippen LogP contribution in [0.1, 0.15) is 50.9 Å². The van der Waals surface area contributed by atoms with E-state index in [1.807, 2.05) is 0 Å². The molecule has 0 amide bonds. The van der Waals surface area contributed by atoms with E-state index in [9.17, 15) is 0 Å². The predicted molar refractivity (Wildman–Crippen MR) is 73.4 cm³/mol. The number of rotatable bonds is 6. The Labute approximate surface area is 104 Å². The van der Waals surface area contributed by atoms with Gasteiger partial charge < -0.3 is 4.42 Å². The molecule has 1 aromatic heterocycles. The summed E-state index contributed by atoms with van der Waals surface area (Å²) in [6.07, 6.45) is 7.48. The Balaban J connectivity index is 2.03. The van der Waals surface area contributed by atoms with Crippen LogP contribution < -0.4 is 0 Å². The maximum absolute atomic E-state index is 5.72. The highest BCUT2D eigenvalue weighted by atomic mass is 16.3. The lowest BCUT2D eigenvalue weighted by Gasteiger charge is -2.00. The van der Waals surface area contributed by atoms with E-state index in [4.69, 9.17) is 4.42 Å². The molecule has 17 heavy (non-hydrogen) atoms. The quantitative estimate of drug-likeness (QED) is 0.628. The second-order valence-electron chi connectivity index (χ2n) is 4.75. The van der Waals surface area contributed by atoms with Crippen LogP contribution in [0.5, 0.6) is 0 Å². The highest BCUT2D eigenvalue weighted by Crippen LogP contribution is 2.22. The zero-order chi connectivity index (χ0) is 12.1. The van der Waals surface area contributed by atoms with E-state index in [0.29, 0.717) is 0 Å². The molecule has 0 saturated carbocycles. The summed E-state index contributed by atoms with van der Waals surface area (Å²) in [5.41, 5.74) is 2.47. The van der Waals surface area contributed by atoms with Gasteiger partial charge in [-0.25, -0.2) is 0 Å². The van der Waals surface area contributed by atoms with Crippen LogP contribution in [-0.4, -0.2) is 0 Å². The molecule has 0 N–H and O–H groups in total. The summed E-state index contributed by atoms with van der Waals surface area (Å²) < 4.78 is 5.72. The van der Waals surface area contributed by atoms with E-state index >= 15 is 0 Å². The van der Waals surface area contributed by atoms with Crippen LogP contribution in [0.2, 0.25) is 0 Å². The number of aryl methyl sites for hydroxylation is 2. The number of benzene rings is 1. The van der Waals surface area contributed by atoms with Crippen LogP contribution in [0.4, 0.5) is 0 Å². The van der Waals surface area contributed by atoms with Gasteiger partial charge in [0.05, 0.1) is 0 Å². The fourth-order valence-electron chi connectivity index (χ4n) is 2.23. The molecular weight excluding hydrogens is 208 g/mol. The van der Waals surface area contributed by atoms with Crippen molar-refractivity contribution in [1.82, 2.24) is 0 Å². The summed E-state index contributed by atoms with van der Waals surface area (Å²) >= 11 is 0. The van der Waals surface area contributed by atoms with Crippen molar-refractivity contribution in [2.75, 3.05) is 0 Å². The van der Waals surface area contributed by atoms with Gasteiger partial charge >= 0.3 is 0 Å². The first kappa shape index (κ1) is 12.2. The molecule has 1 aromatic carbocycles. The third kappa shape index (κ3) is 3.12. The summed E-state index contributed by atoms with van der Waals surface area (Å²) in [4.78, 5) is 0. The normalized spacial score (nSPS) is 11.2. The van der Waals surface area contributed by atoms with E-state index in [2.05, 4.69) is 38.1 Å². The smallest absolute Gasteiger partial charge is 0.134 e. The predicted octanol–water partition coefficient (Wildman–Crippen LogP) is 5.12. The summed E-state index contributed by atoms with van der Waals surface area (Å²) in [6, 6.07) is 8.77. The van der Waals surface area contributed by atoms with Gasteiger partial charge in [0.1, 0.15) is 11.3 Å². The Bertz CT molecular complexity index is 467. The second-order valence-corrected chi connectivity index (χ2v) is 4.75. The third-order valence-corrected chi connectivity index (χ3v) is 3.30. The average Bonchev–Trinajstić information content (AvgIpc) is 2.77. The molecule has 0 fully saturated rings. The first-order chi connectivity index (χ1) is 8.33. The van der Waals surface area contributed by atoms with Crippen molar-refractivity contribution in [3.05, 3.63) is 35.6 Å². The van der Waals surface area contributed by atoms with Crippen LogP contribution >= 0.6 is 0 Å². The Kier molecular flexibility index (Phi) is 4.24. The number of hydrogen-bond donors (Lipinski definition) is 0. The van der Waals surface area contributed by atoms with Crippen molar-refractivity contribution >= 4 is 11.0 Å². The molecule has 2 aromatic rings. The highest BCUT2D eigenvalue weighted by Gasteiger charge is 2.03. The van der Waals surface area contributed by atoms with Crippen LogP contribution in [-0.2, 0) is 12.8 Å². The molecule has 2 rings (SSSR count). The summed E-state index contributed by atoms with van der Waals surface area (Å²) in [5.74, 6) is 1.09. The first-order valence-electron chi connectivity index (χ1n) is 6.84. The molecule has 0 bridgehead atoms. The van der Waals surface area contributed by atoms with Crippen molar-refractivity contribution in [2.24, 2.45) is 0 Å². The van der Waals surface area contributed by atoms with Crippen molar-refractivity contribution in [3.63, 3.8) is 0 Å². The minimum atomic E-state index is 0.973. The highest BCUT2D eigenvalue weighted by molar-refractivity contribution is 5.78. The summed E-state index contributed by atoms with van der Waals surface area (Å²) in [5, 5.41) is 1.26. The lowest BCUT2D eigenvalue weighted by Crippen LogP contribution is -1.85. The molecule has 1 heteroatoms. The van der Waals surface area contributed by atoms with Crippen molar-refractivity contribution in [3.8, 4) is 0 Å². The number of hydrogen-bond acceptors (Lipinski definition) is 1. The lowest BCUT2D eigenvalue weighted by molar-refractivity contribution is 0.557. The molecule has 0 radical (unpaired) electrons. The van der Waals surface area contributed by atoms with E-state index in [1.165, 1.54) is 43.1 Å². The molecule has 0 saturated heterocycles. The van der Waals surface area contributed by atoms with E-state index in [1.54, 1.807) is 0 Å². The fraction of sp³-hybridized carbons (Fsp3) is 0.500. The Morgan fingerprint density at radius 3 is 2.65 bits per heavy atom. The Morgan fingerprint density at radius 1 is 1.00 bits per heavy atom. The van der Waals surface area contributed by atoms with Gasteiger partial charge in [0.15, 0.2) is 0 Å². The first-order valence-corrected chi connectivity index (χ1v) is 6.84. The zero-order valence-electron chi connectivity index (χ0n) is 11.0. The van der Waals surface area contributed by atoms with Crippen molar-refractivity contribution in [1.29, 1.82) is 0 Å². The zero-order valence-corrected chi connectivity index (χ0v) is 11.0. The second kappa shape index (κ2) is 5.90. The molecule has 1 heterocycles. The van der Waals surface area contributed by atoms with Gasteiger partial charge in [-0.3, -0.25) is 0 Å². The summed E-state index contributed by atoms with van der Waals surface area (Å²) in [6.45, 7) is 4.38. The Morgan fingerprint density at radius 2 is 1.88 bits per heavy atom. The van der Waals surface area contributed by atoms with E-state index in [-0.39, 0.29) is 0 Å². The van der Waals surface area contributed by atoms with Gasteiger partial charge in [-0.05, 0) is 36.6 Å². The molecule has 0 unspecified atom stereocenters. The van der Waals surface area contributed by atoms with Gasteiger partial charge in [-0.1, -0.05) is 39.2 Å². The standard InChI is InChI=1S/C16H22O/c1-3-5-6-7-8-13-9-10-16-14(11-13)12-15(4-2)17-16/h9-12H,3-8H2,1-2H3. The molecule has 0 spiro atoms. The van der Waals surface area contributed by atoms with Crippen LogP contribution in [0.3, 0.4) is 0 Å². The Hall–Kier alpha value is -1.24. The lowest BCUT2D eigenvalue weighted by atomic mass is 10.0. The molecule has 92 valence electrons. The average molecular weight is 230 g/mol. The van der Waals surface area contributed by atoms with Crippen molar-refractivity contribution < 1.29 is 4.42 Å². The molecular formula is C16H22O. The molecule has 0 aliphatic carbocycles. The topological polar surface area (TPSA) is 13.1 Å². The van der Waals surface area contributed by atoms with Crippen LogP contribution in [0.15, 0.2) is 28.7 Å².